The van der Waals surface area contributed by atoms with E-state index in [4.69, 9.17) is 9.15 Å². The molecular formula is C15H18N2O4. The Morgan fingerprint density at radius 3 is 2.81 bits per heavy atom. The number of carbonyl (C=O) groups excluding carboxylic acids is 1. The van der Waals surface area contributed by atoms with Crippen molar-refractivity contribution in [2.45, 2.75) is 26.1 Å². The predicted octanol–water partition coefficient (Wildman–Crippen LogP) is 1.93. The molecule has 0 aromatic carbocycles. The maximum atomic E-state index is 11.9. The van der Waals surface area contributed by atoms with Crippen LogP contribution in [0.4, 0.5) is 0 Å². The second-order valence-corrected chi connectivity index (χ2v) is 4.79. The average molecular weight is 290 g/mol. The van der Waals surface area contributed by atoms with Crippen LogP contribution in [0, 0.1) is 0 Å². The highest BCUT2D eigenvalue weighted by Crippen LogP contribution is 2.12. The second kappa shape index (κ2) is 6.90. The van der Waals surface area contributed by atoms with Gasteiger partial charge in [0.1, 0.15) is 11.9 Å². The van der Waals surface area contributed by atoms with E-state index in [2.05, 4.69) is 10.3 Å². The van der Waals surface area contributed by atoms with Crippen molar-refractivity contribution >= 4 is 5.91 Å². The molecule has 1 atom stereocenters. The number of aliphatic hydroxyl groups excluding tert-OH is 1. The zero-order valence-corrected chi connectivity index (χ0v) is 11.9. The molecule has 1 unspecified atom stereocenters. The second-order valence-electron chi connectivity index (χ2n) is 4.79. The van der Waals surface area contributed by atoms with Crippen LogP contribution in [0.5, 0.6) is 5.88 Å². The first kappa shape index (κ1) is 15.1. The third-order valence-electron chi connectivity index (χ3n) is 2.68. The van der Waals surface area contributed by atoms with Gasteiger partial charge in [0.15, 0.2) is 0 Å². The summed E-state index contributed by atoms with van der Waals surface area (Å²) >= 11 is 0. The zero-order chi connectivity index (χ0) is 15.2. The quantitative estimate of drug-likeness (QED) is 0.849. The first-order chi connectivity index (χ1) is 10.1. The Morgan fingerprint density at radius 2 is 2.24 bits per heavy atom. The molecule has 6 heteroatoms. The number of nitrogens with one attached hydrogen (secondary N) is 1. The maximum absolute atomic E-state index is 11.9. The summed E-state index contributed by atoms with van der Waals surface area (Å²) in [5.74, 6) is 0.565. The van der Waals surface area contributed by atoms with Gasteiger partial charge in [0.25, 0.3) is 5.91 Å². The molecule has 1 amide bonds. The van der Waals surface area contributed by atoms with E-state index in [-0.39, 0.29) is 18.6 Å². The van der Waals surface area contributed by atoms with Crippen molar-refractivity contribution in [2.75, 3.05) is 6.54 Å². The summed E-state index contributed by atoms with van der Waals surface area (Å²) in [6, 6.07) is 6.59. The fraction of sp³-hybridized carbons (Fsp3) is 0.333. The van der Waals surface area contributed by atoms with E-state index < -0.39 is 6.10 Å². The SMILES string of the molecule is CC(C)Oc1ccc(C(=O)NCC(O)c2ccco2)cn1. The van der Waals surface area contributed by atoms with Crippen LogP contribution in [-0.4, -0.2) is 28.6 Å². The summed E-state index contributed by atoms with van der Waals surface area (Å²) in [4.78, 5) is 16.0. The van der Waals surface area contributed by atoms with Crippen LogP contribution < -0.4 is 10.1 Å². The first-order valence-electron chi connectivity index (χ1n) is 6.68. The fourth-order valence-electron chi connectivity index (χ4n) is 1.70. The minimum absolute atomic E-state index is 0.0284. The topological polar surface area (TPSA) is 84.6 Å². The molecule has 0 bridgehead atoms. The van der Waals surface area contributed by atoms with Gasteiger partial charge in [-0.3, -0.25) is 4.79 Å². The van der Waals surface area contributed by atoms with Gasteiger partial charge in [-0.05, 0) is 32.0 Å². The predicted molar refractivity (Wildman–Crippen MR) is 76.0 cm³/mol. The van der Waals surface area contributed by atoms with Crippen molar-refractivity contribution < 1.29 is 19.1 Å². The molecule has 0 aliphatic rings. The smallest absolute Gasteiger partial charge is 0.252 e. The molecular weight excluding hydrogens is 272 g/mol. The molecule has 6 nitrogen and oxygen atoms in total. The number of nitrogens with zero attached hydrogens (tertiary/aromatic N) is 1. The van der Waals surface area contributed by atoms with Gasteiger partial charge in [-0.25, -0.2) is 4.98 Å². The highest BCUT2D eigenvalue weighted by atomic mass is 16.5. The van der Waals surface area contributed by atoms with Crippen molar-refractivity contribution in [3.63, 3.8) is 0 Å². The Labute approximate surface area is 122 Å². The number of aromatic nitrogens is 1. The average Bonchev–Trinajstić information content (AvgIpc) is 2.99. The van der Waals surface area contributed by atoms with E-state index in [9.17, 15) is 9.90 Å². The van der Waals surface area contributed by atoms with Gasteiger partial charge in [-0.15, -0.1) is 0 Å². The Morgan fingerprint density at radius 1 is 1.43 bits per heavy atom. The van der Waals surface area contributed by atoms with Crippen LogP contribution in [0.3, 0.4) is 0 Å². The van der Waals surface area contributed by atoms with Gasteiger partial charge in [0, 0.05) is 12.3 Å². The summed E-state index contributed by atoms with van der Waals surface area (Å²) in [5, 5.41) is 12.4. The van der Waals surface area contributed by atoms with Crippen molar-refractivity contribution in [3.05, 3.63) is 48.0 Å². The first-order valence-corrected chi connectivity index (χ1v) is 6.68. The number of hydrogen-bond donors (Lipinski definition) is 2. The molecule has 2 N–H and O–H groups in total. The molecule has 21 heavy (non-hydrogen) atoms. The van der Waals surface area contributed by atoms with Crippen LogP contribution >= 0.6 is 0 Å². The summed E-state index contributed by atoms with van der Waals surface area (Å²) in [6.07, 6.45) is 2.06. The summed E-state index contributed by atoms with van der Waals surface area (Å²) in [7, 11) is 0. The van der Waals surface area contributed by atoms with Crippen LogP contribution in [0.25, 0.3) is 0 Å². The van der Waals surface area contributed by atoms with Crippen LogP contribution in [-0.2, 0) is 0 Å². The lowest BCUT2D eigenvalue weighted by Gasteiger charge is -2.11. The molecule has 0 saturated carbocycles. The molecule has 2 aromatic heterocycles. The lowest BCUT2D eigenvalue weighted by atomic mass is 10.2. The normalized spacial score (nSPS) is 12.2. The molecule has 0 spiro atoms. The molecule has 0 saturated heterocycles. The van der Waals surface area contributed by atoms with E-state index in [1.165, 1.54) is 12.5 Å². The maximum Gasteiger partial charge on any atom is 0.252 e. The monoisotopic (exact) mass is 290 g/mol. The number of hydrogen-bond acceptors (Lipinski definition) is 5. The van der Waals surface area contributed by atoms with Crippen molar-refractivity contribution in [2.24, 2.45) is 0 Å². The van der Waals surface area contributed by atoms with Crippen LogP contribution in [0.15, 0.2) is 41.1 Å². The number of carbonyl (C=O) groups is 1. The van der Waals surface area contributed by atoms with Gasteiger partial charge < -0.3 is 19.6 Å². The molecule has 112 valence electrons. The van der Waals surface area contributed by atoms with E-state index in [1.54, 1.807) is 24.3 Å². The third kappa shape index (κ3) is 4.32. The lowest BCUT2D eigenvalue weighted by Crippen LogP contribution is -2.28. The molecule has 2 rings (SSSR count). The molecule has 2 aromatic rings. The minimum atomic E-state index is -0.875. The molecule has 0 aliphatic heterocycles. The van der Waals surface area contributed by atoms with E-state index in [1.807, 2.05) is 13.8 Å². The molecule has 0 aliphatic carbocycles. The number of amides is 1. The highest BCUT2D eigenvalue weighted by molar-refractivity contribution is 5.93. The Hall–Kier alpha value is -2.34. The van der Waals surface area contributed by atoms with Crippen molar-refractivity contribution in [1.29, 1.82) is 0 Å². The van der Waals surface area contributed by atoms with Crippen LogP contribution in [0.1, 0.15) is 36.1 Å². The van der Waals surface area contributed by atoms with Gasteiger partial charge in [-0.2, -0.15) is 0 Å². The van der Waals surface area contributed by atoms with Gasteiger partial charge in [-0.1, -0.05) is 0 Å². The van der Waals surface area contributed by atoms with Gasteiger partial charge in [0.2, 0.25) is 5.88 Å². The highest BCUT2D eigenvalue weighted by Gasteiger charge is 2.13. The minimum Gasteiger partial charge on any atom is -0.475 e. The number of pyridine rings is 1. The zero-order valence-electron chi connectivity index (χ0n) is 11.9. The fourth-order valence-corrected chi connectivity index (χ4v) is 1.70. The number of furan rings is 1. The molecule has 0 radical (unpaired) electrons. The van der Waals surface area contributed by atoms with Crippen LogP contribution in [0.2, 0.25) is 0 Å². The number of ether oxygens (including phenoxy) is 1. The lowest BCUT2D eigenvalue weighted by molar-refractivity contribution is 0.0900. The largest absolute Gasteiger partial charge is 0.475 e. The molecule has 0 fully saturated rings. The Bertz CT molecular complexity index is 564. The summed E-state index contributed by atoms with van der Waals surface area (Å²) < 4.78 is 10.5. The van der Waals surface area contributed by atoms with Crippen molar-refractivity contribution in [1.82, 2.24) is 10.3 Å². The van der Waals surface area contributed by atoms with Gasteiger partial charge >= 0.3 is 0 Å². The Kier molecular flexibility index (Phi) is 4.94. The van der Waals surface area contributed by atoms with Gasteiger partial charge in [0.05, 0.1) is 24.5 Å². The standard InChI is InChI=1S/C15H18N2O4/c1-10(2)21-14-6-5-11(8-16-14)15(19)17-9-12(18)13-4-3-7-20-13/h3-8,10,12,18H,9H2,1-2H3,(H,17,19). The van der Waals surface area contributed by atoms with E-state index >= 15 is 0 Å². The third-order valence-corrected chi connectivity index (χ3v) is 2.68. The molecule has 2 heterocycles. The number of rotatable bonds is 6. The summed E-state index contributed by atoms with van der Waals surface area (Å²) in [6.45, 7) is 3.87. The number of aliphatic hydroxyl groups is 1. The van der Waals surface area contributed by atoms with Crippen molar-refractivity contribution in [3.8, 4) is 5.88 Å². The van der Waals surface area contributed by atoms with E-state index in [0.29, 0.717) is 17.2 Å². The summed E-state index contributed by atoms with van der Waals surface area (Å²) in [5.41, 5.74) is 0.401. The Balaban J connectivity index is 1.88. The van der Waals surface area contributed by atoms with E-state index in [0.717, 1.165) is 0 Å².